The fraction of sp³-hybridized carbons (Fsp3) is 0.250. The molecular formula is C20H20N2S2. The van der Waals surface area contributed by atoms with Gasteiger partial charge < -0.3 is 5.32 Å². The van der Waals surface area contributed by atoms with Gasteiger partial charge in [0.05, 0.1) is 16.1 Å². The number of benzene rings is 2. The Bertz CT molecular complexity index is 993. The van der Waals surface area contributed by atoms with Crippen molar-refractivity contribution in [3.8, 4) is 11.1 Å². The zero-order valence-electron chi connectivity index (χ0n) is 14.3. The number of fused-ring (bicyclic) bond motifs is 3. The molecule has 3 aromatic rings. The lowest BCUT2D eigenvalue weighted by atomic mass is 9.89. The summed E-state index contributed by atoms with van der Waals surface area (Å²) in [5.74, 6) is 0. The summed E-state index contributed by atoms with van der Waals surface area (Å²) in [6, 6.07) is 15.0. The maximum Gasteiger partial charge on any atom is 0.135 e. The number of hydrogen-bond donors (Lipinski definition) is 1. The molecule has 2 heterocycles. The Balaban J connectivity index is 2.00. The van der Waals surface area contributed by atoms with E-state index >= 15 is 0 Å². The second kappa shape index (κ2) is 5.57. The van der Waals surface area contributed by atoms with Crippen molar-refractivity contribution in [3.63, 3.8) is 0 Å². The molecule has 0 unspecified atom stereocenters. The molecule has 0 amide bonds. The first-order valence-corrected chi connectivity index (χ1v) is 10.2. The SMILES string of the molecule is Cc1cccc(N=c2ssc3c2-c2cc(C)ccc2NC3(C)C)c1. The Hall–Kier alpha value is -1.91. The van der Waals surface area contributed by atoms with Gasteiger partial charge in [-0.15, -0.1) is 0 Å². The molecule has 0 atom stereocenters. The molecule has 0 spiro atoms. The molecule has 0 bridgehead atoms. The third-order valence-corrected chi connectivity index (χ3v) is 6.98. The molecule has 1 aromatic heterocycles. The van der Waals surface area contributed by atoms with Crippen molar-refractivity contribution >= 4 is 32.1 Å². The van der Waals surface area contributed by atoms with Crippen LogP contribution in [0.2, 0.25) is 0 Å². The Labute approximate surface area is 149 Å². The summed E-state index contributed by atoms with van der Waals surface area (Å²) in [4.78, 5) is 6.34. The van der Waals surface area contributed by atoms with Gasteiger partial charge in [0.25, 0.3) is 0 Å². The number of nitrogens with zero attached hydrogens (tertiary/aromatic N) is 1. The van der Waals surface area contributed by atoms with Crippen LogP contribution in [0.4, 0.5) is 11.4 Å². The van der Waals surface area contributed by atoms with E-state index in [1.807, 2.05) is 10.3 Å². The predicted octanol–water partition coefficient (Wildman–Crippen LogP) is 5.99. The summed E-state index contributed by atoms with van der Waals surface area (Å²) >= 11 is 0. The summed E-state index contributed by atoms with van der Waals surface area (Å²) in [5.41, 5.74) is 7.24. The molecule has 24 heavy (non-hydrogen) atoms. The highest BCUT2D eigenvalue weighted by Crippen LogP contribution is 2.45. The van der Waals surface area contributed by atoms with E-state index in [1.54, 1.807) is 10.3 Å². The Kier molecular flexibility index (Phi) is 3.62. The second-order valence-corrected chi connectivity index (χ2v) is 9.05. The molecule has 2 aromatic carbocycles. The highest BCUT2D eigenvalue weighted by atomic mass is 32.9. The second-order valence-electron chi connectivity index (χ2n) is 6.93. The molecule has 1 aliphatic rings. The largest absolute Gasteiger partial charge is 0.375 e. The molecule has 122 valence electrons. The van der Waals surface area contributed by atoms with Crippen LogP contribution in [0.25, 0.3) is 11.1 Å². The monoisotopic (exact) mass is 352 g/mol. The summed E-state index contributed by atoms with van der Waals surface area (Å²) < 4.78 is 1.11. The molecule has 1 aliphatic heterocycles. The van der Waals surface area contributed by atoms with Gasteiger partial charge >= 0.3 is 0 Å². The van der Waals surface area contributed by atoms with Gasteiger partial charge in [0.1, 0.15) is 4.67 Å². The highest BCUT2D eigenvalue weighted by Gasteiger charge is 2.33. The lowest BCUT2D eigenvalue weighted by Gasteiger charge is -2.33. The van der Waals surface area contributed by atoms with Gasteiger partial charge in [-0.25, -0.2) is 4.99 Å². The van der Waals surface area contributed by atoms with Crippen molar-refractivity contribution in [1.29, 1.82) is 0 Å². The topological polar surface area (TPSA) is 24.4 Å². The third-order valence-electron chi connectivity index (χ3n) is 4.34. The van der Waals surface area contributed by atoms with Crippen LogP contribution in [-0.4, -0.2) is 0 Å². The van der Waals surface area contributed by atoms with Crippen LogP contribution in [0.15, 0.2) is 47.5 Å². The van der Waals surface area contributed by atoms with Gasteiger partial charge in [0.15, 0.2) is 0 Å². The van der Waals surface area contributed by atoms with E-state index < -0.39 is 0 Å². The van der Waals surface area contributed by atoms with E-state index in [2.05, 4.69) is 75.5 Å². The summed E-state index contributed by atoms with van der Waals surface area (Å²) in [7, 11) is 3.61. The predicted molar refractivity (Wildman–Crippen MR) is 105 cm³/mol. The maximum atomic E-state index is 4.97. The van der Waals surface area contributed by atoms with Crippen LogP contribution >= 0.6 is 20.7 Å². The molecule has 0 radical (unpaired) electrons. The third kappa shape index (κ3) is 2.60. The fourth-order valence-electron chi connectivity index (χ4n) is 3.17. The number of hydrogen-bond acceptors (Lipinski definition) is 4. The van der Waals surface area contributed by atoms with Crippen LogP contribution in [0.3, 0.4) is 0 Å². The summed E-state index contributed by atoms with van der Waals surface area (Å²) in [6.45, 7) is 8.74. The normalized spacial score (nSPS) is 15.6. The lowest BCUT2D eigenvalue weighted by Crippen LogP contribution is -2.31. The zero-order valence-corrected chi connectivity index (χ0v) is 15.9. The number of anilines is 1. The molecule has 2 nitrogen and oxygen atoms in total. The van der Waals surface area contributed by atoms with Crippen molar-refractivity contribution in [2.24, 2.45) is 4.99 Å². The Morgan fingerprint density at radius 1 is 0.958 bits per heavy atom. The van der Waals surface area contributed by atoms with Gasteiger partial charge in [-0.2, -0.15) is 0 Å². The Morgan fingerprint density at radius 3 is 2.54 bits per heavy atom. The van der Waals surface area contributed by atoms with Crippen molar-refractivity contribution < 1.29 is 0 Å². The smallest absolute Gasteiger partial charge is 0.135 e. The van der Waals surface area contributed by atoms with Crippen LogP contribution in [0.5, 0.6) is 0 Å². The number of nitrogens with one attached hydrogen (secondary N) is 1. The average molecular weight is 353 g/mol. The molecule has 0 saturated heterocycles. The van der Waals surface area contributed by atoms with Crippen LogP contribution < -0.4 is 9.99 Å². The van der Waals surface area contributed by atoms with E-state index in [9.17, 15) is 0 Å². The van der Waals surface area contributed by atoms with Gasteiger partial charge in [-0.1, -0.05) is 44.4 Å². The maximum absolute atomic E-state index is 4.97. The first-order chi connectivity index (χ1) is 11.4. The first-order valence-electron chi connectivity index (χ1n) is 8.08. The van der Waals surface area contributed by atoms with Crippen molar-refractivity contribution in [3.05, 3.63) is 63.1 Å². The van der Waals surface area contributed by atoms with E-state index in [1.165, 1.54) is 32.8 Å². The minimum Gasteiger partial charge on any atom is -0.375 e. The number of aryl methyl sites for hydroxylation is 2. The van der Waals surface area contributed by atoms with E-state index in [-0.39, 0.29) is 5.54 Å². The molecule has 0 fully saturated rings. The lowest BCUT2D eigenvalue weighted by molar-refractivity contribution is 0.619. The first kappa shape index (κ1) is 15.6. The fourth-order valence-corrected chi connectivity index (χ4v) is 6.11. The minimum absolute atomic E-state index is 0.0703. The van der Waals surface area contributed by atoms with Crippen molar-refractivity contribution in [2.75, 3.05) is 5.32 Å². The molecule has 0 saturated carbocycles. The van der Waals surface area contributed by atoms with Gasteiger partial charge in [-0.3, -0.25) is 0 Å². The number of rotatable bonds is 1. The summed E-state index contributed by atoms with van der Waals surface area (Å²) in [5, 5.41) is 3.68. The average Bonchev–Trinajstić information content (AvgIpc) is 2.93. The molecule has 1 N–H and O–H groups in total. The van der Waals surface area contributed by atoms with Crippen LogP contribution in [-0.2, 0) is 5.54 Å². The van der Waals surface area contributed by atoms with E-state index in [0.29, 0.717) is 0 Å². The van der Waals surface area contributed by atoms with Crippen LogP contribution in [0, 0.1) is 13.8 Å². The summed E-state index contributed by atoms with van der Waals surface area (Å²) in [6.07, 6.45) is 0. The van der Waals surface area contributed by atoms with Gasteiger partial charge in [-0.05, 0) is 57.5 Å². The van der Waals surface area contributed by atoms with Crippen molar-refractivity contribution in [1.82, 2.24) is 0 Å². The van der Waals surface area contributed by atoms with Gasteiger partial charge in [0, 0.05) is 16.8 Å². The molecule has 0 aliphatic carbocycles. The minimum atomic E-state index is -0.0703. The van der Waals surface area contributed by atoms with Crippen molar-refractivity contribution in [2.45, 2.75) is 33.2 Å². The highest BCUT2D eigenvalue weighted by molar-refractivity contribution is 7.68. The van der Waals surface area contributed by atoms with Gasteiger partial charge in [0.2, 0.25) is 0 Å². The standard InChI is InChI=1S/C20H20N2S2/c1-12-6-5-7-14(10-12)21-19-17-15-11-13(2)8-9-16(15)22-20(3,4)18(17)23-24-19/h5-11,22H,1-4H3. The molecular weight excluding hydrogens is 332 g/mol. The quantitative estimate of drug-likeness (QED) is 0.535. The van der Waals surface area contributed by atoms with E-state index in [4.69, 9.17) is 4.99 Å². The van der Waals surface area contributed by atoms with E-state index in [0.717, 1.165) is 10.4 Å². The Morgan fingerprint density at radius 2 is 1.75 bits per heavy atom. The molecule has 4 heteroatoms. The zero-order chi connectivity index (χ0) is 16.9. The van der Waals surface area contributed by atoms with Crippen LogP contribution in [0.1, 0.15) is 29.9 Å². The molecule has 4 rings (SSSR count).